The van der Waals surface area contributed by atoms with Crippen molar-refractivity contribution in [2.24, 2.45) is 0 Å². The molecule has 0 aromatic rings. The fourth-order valence-electron chi connectivity index (χ4n) is 5.49. The normalized spacial score (nSPS) is 15.7. The molecule has 212 valence electrons. The molecule has 0 aliphatic heterocycles. The van der Waals surface area contributed by atoms with Crippen molar-refractivity contribution in [2.75, 3.05) is 6.54 Å². The van der Waals surface area contributed by atoms with Gasteiger partial charge in [-0.1, -0.05) is 110 Å². The zero-order chi connectivity index (χ0) is 27.4. The third-order valence-electron chi connectivity index (χ3n) is 8.13. The number of hydrogen-bond acceptors (Lipinski definition) is 3. The van der Waals surface area contributed by atoms with Gasteiger partial charge in [-0.25, -0.2) is 14.4 Å². The minimum Gasteiger partial charge on any atom is -0.477 e. The molecule has 0 aromatic carbocycles. The summed E-state index contributed by atoms with van der Waals surface area (Å²) in [6.45, 7) is 6.77. The summed E-state index contributed by atoms with van der Waals surface area (Å²) in [5.74, 6) is -3.50. The van der Waals surface area contributed by atoms with Crippen LogP contribution >= 0.6 is 0 Å². The molecule has 0 amide bonds. The van der Waals surface area contributed by atoms with Crippen molar-refractivity contribution >= 4 is 17.9 Å². The van der Waals surface area contributed by atoms with Crippen molar-refractivity contribution in [1.29, 1.82) is 0 Å². The van der Waals surface area contributed by atoms with Crippen LogP contribution in [0.25, 0.3) is 0 Å². The number of rotatable bonds is 25. The Morgan fingerprint density at radius 3 is 0.917 bits per heavy atom. The van der Waals surface area contributed by atoms with Crippen molar-refractivity contribution in [3.8, 4) is 0 Å². The van der Waals surface area contributed by atoms with Gasteiger partial charge in [0, 0.05) is 0 Å². The molecule has 0 heterocycles. The molecule has 0 rings (SSSR count). The highest BCUT2D eigenvalue weighted by atomic mass is 16.4. The molecule has 36 heavy (non-hydrogen) atoms. The van der Waals surface area contributed by atoms with Gasteiger partial charge in [-0.3, -0.25) is 4.48 Å². The third-order valence-corrected chi connectivity index (χ3v) is 8.13. The van der Waals surface area contributed by atoms with Crippen LogP contribution in [-0.4, -0.2) is 62.4 Å². The van der Waals surface area contributed by atoms with Gasteiger partial charge in [-0.2, -0.15) is 0 Å². The molecule has 7 heteroatoms. The first-order valence-corrected chi connectivity index (χ1v) is 14.7. The Balaban J connectivity index is 4.14. The molecule has 3 atom stereocenters. The summed E-state index contributed by atoms with van der Waals surface area (Å²) in [7, 11) is 0. The first-order valence-electron chi connectivity index (χ1n) is 14.7. The SMILES string of the molecule is CCCCCCCCCCCCCCCCCCCC[N+](C(C)C(=O)O)(C(C)C(=O)O)C(C)C(=O)O. The van der Waals surface area contributed by atoms with Gasteiger partial charge in [0.2, 0.25) is 0 Å². The summed E-state index contributed by atoms with van der Waals surface area (Å²) in [5, 5.41) is 28.9. The van der Waals surface area contributed by atoms with E-state index in [2.05, 4.69) is 6.92 Å². The quantitative estimate of drug-likeness (QED) is 0.0872. The predicted octanol–water partition coefficient (Wildman–Crippen LogP) is 7.26. The molecule has 0 saturated carbocycles. The van der Waals surface area contributed by atoms with E-state index in [4.69, 9.17) is 0 Å². The second kappa shape index (κ2) is 20.4. The number of nitrogens with zero attached hydrogens (tertiary/aromatic N) is 1. The zero-order valence-electron chi connectivity index (χ0n) is 23.7. The van der Waals surface area contributed by atoms with E-state index in [9.17, 15) is 29.7 Å². The molecule has 0 aromatic heterocycles. The topological polar surface area (TPSA) is 112 Å². The van der Waals surface area contributed by atoms with E-state index in [-0.39, 0.29) is 6.54 Å². The van der Waals surface area contributed by atoms with Crippen molar-refractivity contribution in [1.82, 2.24) is 0 Å². The second-order valence-electron chi connectivity index (χ2n) is 10.8. The largest absolute Gasteiger partial charge is 0.477 e. The molecule has 0 spiro atoms. The summed E-state index contributed by atoms with van der Waals surface area (Å²) < 4.78 is -0.473. The molecule has 3 N–H and O–H groups in total. The fourth-order valence-corrected chi connectivity index (χ4v) is 5.49. The lowest BCUT2D eigenvalue weighted by Crippen LogP contribution is -2.70. The van der Waals surface area contributed by atoms with Crippen LogP contribution in [0.1, 0.15) is 143 Å². The van der Waals surface area contributed by atoms with Gasteiger partial charge < -0.3 is 15.3 Å². The second-order valence-corrected chi connectivity index (χ2v) is 10.8. The van der Waals surface area contributed by atoms with Crippen molar-refractivity contribution < 1.29 is 34.2 Å². The smallest absolute Gasteiger partial charge is 0.362 e. The first-order chi connectivity index (χ1) is 17.1. The lowest BCUT2D eigenvalue weighted by atomic mass is 9.99. The van der Waals surface area contributed by atoms with Crippen LogP contribution in [0.5, 0.6) is 0 Å². The van der Waals surface area contributed by atoms with Crippen LogP contribution in [0, 0.1) is 0 Å². The minimum absolute atomic E-state index is 0.229. The van der Waals surface area contributed by atoms with Crippen LogP contribution in [0.3, 0.4) is 0 Å². The predicted molar refractivity (Wildman–Crippen MR) is 145 cm³/mol. The van der Waals surface area contributed by atoms with Crippen LogP contribution in [0.4, 0.5) is 0 Å². The summed E-state index contributed by atoms with van der Waals surface area (Å²) in [4.78, 5) is 35.4. The Morgan fingerprint density at radius 2 is 0.694 bits per heavy atom. The van der Waals surface area contributed by atoms with E-state index < -0.39 is 40.5 Å². The molecular weight excluding hydrogens is 458 g/mol. The molecule has 0 radical (unpaired) electrons. The van der Waals surface area contributed by atoms with E-state index >= 15 is 0 Å². The van der Waals surface area contributed by atoms with Crippen molar-refractivity contribution in [3.05, 3.63) is 0 Å². The fraction of sp³-hybridized carbons (Fsp3) is 0.897. The maximum absolute atomic E-state index is 11.8. The van der Waals surface area contributed by atoms with Gasteiger partial charge in [0.15, 0.2) is 18.1 Å². The van der Waals surface area contributed by atoms with E-state index in [1.807, 2.05) is 0 Å². The van der Waals surface area contributed by atoms with Gasteiger partial charge in [0.05, 0.1) is 6.54 Å². The van der Waals surface area contributed by atoms with Gasteiger partial charge in [0.1, 0.15) is 0 Å². The minimum atomic E-state index is -1.17. The summed E-state index contributed by atoms with van der Waals surface area (Å²) in [6, 6.07) is -3.35. The number of hydrogen-bond donors (Lipinski definition) is 3. The maximum Gasteiger partial charge on any atom is 0.362 e. The van der Waals surface area contributed by atoms with Crippen LogP contribution in [0.15, 0.2) is 0 Å². The van der Waals surface area contributed by atoms with Crippen LogP contribution in [-0.2, 0) is 14.4 Å². The standard InChI is InChI=1S/C29H55NO6/c1-5-6-7-8-9-10-11-12-13-14-15-16-17-18-19-20-21-22-23-30(24(2)27(31)32,25(3)28(33)34)26(4)29(35)36/h24-26H,5-23H2,1-4H3,(H2-,31,32,33,34,35,36)/p+1. The highest BCUT2D eigenvalue weighted by Gasteiger charge is 2.52. The summed E-state index contributed by atoms with van der Waals surface area (Å²) >= 11 is 0. The summed E-state index contributed by atoms with van der Waals surface area (Å²) in [5.41, 5.74) is 0. The van der Waals surface area contributed by atoms with Crippen molar-refractivity contribution in [2.45, 2.75) is 161 Å². The highest BCUT2D eigenvalue weighted by molar-refractivity contribution is 5.77. The Hall–Kier alpha value is -1.63. The third kappa shape index (κ3) is 13.1. The maximum atomic E-state index is 11.8. The number of carboxylic acids is 3. The number of carbonyl (C=O) groups is 3. The zero-order valence-corrected chi connectivity index (χ0v) is 23.7. The first kappa shape index (κ1) is 34.4. The molecule has 0 saturated heterocycles. The average Bonchev–Trinajstić information content (AvgIpc) is 2.84. The monoisotopic (exact) mass is 514 g/mol. The number of unbranched alkanes of at least 4 members (excludes halogenated alkanes) is 17. The molecular formula is C29H56NO6+. The Labute approximate surface area is 220 Å². The van der Waals surface area contributed by atoms with E-state index in [0.717, 1.165) is 19.3 Å². The Morgan fingerprint density at radius 1 is 0.472 bits per heavy atom. The molecule has 0 fully saturated rings. The molecule has 0 aliphatic rings. The van der Waals surface area contributed by atoms with Crippen LogP contribution in [0.2, 0.25) is 0 Å². The van der Waals surface area contributed by atoms with Gasteiger partial charge in [-0.15, -0.1) is 0 Å². The van der Waals surface area contributed by atoms with E-state index in [1.165, 1.54) is 111 Å². The highest BCUT2D eigenvalue weighted by Crippen LogP contribution is 2.27. The molecule has 7 nitrogen and oxygen atoms in total. The summed E-state index contributed by atoms with van der Waals surface area (Å²) in [6.07, 6.45) is 22.3. The number of aliphatic carboxylic acids is 3. The number of carboxylic acid groups (broad SMARTS) is 3. The molecule has 0 aliphatic carbocycles. The van der Waals surface area contributed by atoms with E-state index in [0.29, 0.717) is 6.42 Å². The molecule has 3 unspecified atom stereocenters. The van der Waals surface area contributed by atoms with Gasteiger partial charge >= 0.3 is 17.9 Å². The lowest BCUT2D eigenvalue weighted by molar-refractivity contribution is -0.968. The van der Waals surface area contributed by atoms with Crippen molar-refractivity contribution in [3.63, 3.8) is 0 Å². The van der Waals surface area contributed by atoms with Gasteiger partial charge in [0.25, 0.3) is 0 Å². The van der Waals surface area contributed by atoms with Gasteiger partial charge in [-0.05, 0) is 33.6 Å². The number of quaternary nitrogens is 1. The molecule has 0 bridgehead atoms. The van der Waals surface area contributed by atoms with E-state index in [1.54, 1.807) is 0 Å². The Bertz CT molecular complexity index is 558. The van der Waals surface area contributed by atoms with Crippen LogP contribution < -0.4 is 0 Å². The lowest BCUT2D eigenvalue weighted by Gasteiger charge is -2.47. The average molecular weight is 515 g/mol. The Kier molecular flexibility index (Phi) is 19.5.